The number of aromatic nitrogens is 1. The molecular weight excluding hydrogens is 342 g/mol. The first kappa shape index (κ1) is 17.6. The van der Waals surface area contributed by atoms with Gasteiger partial charge in [0.25, 0.3) is 5.91 Å². The molecular formula is C17H21N3O4S. The summed E-state index contributed by atoms with van der Waals surface area (Å²) in [7, 11) is -3.90. The van der Waals surface area contributed by atoms with Crippen molar-refractivity contribution in [3.05, 3.63) is 46.3 Å². The number of nitrogens with two attached hydrogens (primary N) is 1. The molecule has 1 fully saturated rings. The van der Waals surface area contributed by atoms with Gasteiger partial charge in [-0.05, 0) is 56.9 Å². The highest BCUT2D eigenvalue weighted by Crippen LogP contribution is 2.34. The van der Waals surface area contributed by atoms with E-state index in [4.69, 9.17) is 9.66 Å². The number of hydrogen-bond acceptors (Lipinski definition) is 5. The quantitative estimate of drug-likeness (QED) is 0.900. The lowest BCUT2D eigenvalue weighted by Crippen LogP contribution is -2.31. The van der Waals surface area contributed by atoms with Crippen molar-refractivity contribution in [1.29, 1.82) is 0 Å². The minimum Gasteiger partial charge on any atom is -0.359 e. The molecule has 3 rings (SSSR count). The van der Waals surface area contributed by atoms with Gasteiger partial charge in [-0.1, -0.05) is 5.16 Å². The summed E-state index contributed by atoms with van der Waals surface area (Å²) in [5.74, 6) is 0.420. The van der Waals surface area contributed by atoms with Gasteiger partial charge in [-0.25, -0.2) is 13.6 Å². The van der Waals surface area contributed by atoms with E-state index in [1.807, 2.05) is 13.0 Å². The zero-order valence-corrected chi connectivity index (χ0v) is 15.3. The predicted molar refractivity (Wildman–Crippen MR) is 91.5 cm³/mol. The second-order valence-corrected chi connectivity index (χ2v) is 8.02. The third-order valence-corrected chi connectivity index (χ3v) is 5.70. The number of likely N-dealkylation sites (tertiary alicyclic amines) is 1. The van der Waals surface area contributed by atoms with Crippen LogP contribution in [0.5, 0.6) is 0 Å². The molecule has 25 heavy (non-hydrogen) atoms. The lowest BCUT2D eigenvalue weighted by molar-refractivity contribution is 0.0714. The van der Waals surface area contributed by atoms with E-state index in [0.717, 1.165) is 18.5 Å². The highest BCUT2D eigenvalue weighted by molar-refractivity contribution is 7.89. The average Bonchev–Trinajstić information content (AvgIpc) is 3.16. The lowest BCUT2D eigenvalue weighted by Gasteiger charge is -2.23. The Morgan fingerprint density at radius 2 is 2.00 bits per heavy atom. The van der Waals surface area contributed by atoms with Crippen molar-refractivity contribution in [2.45, 2.75) is 44.6 Å². The first-order valence-electron chi connectivity index (χ1n) is 8.06. The Bertz CT molecular complexity index is 933. The zero-order chi connectivity index (χ0) is 18.4. The van der Waals surface area contributed by atoms with Gasteiger partial charge in [0.15, 0.2) is 5.76 Å². The molecule has 0 unspecified atom stereocenters. The monoisotopic (exact) mass is 363 g/mol. The number of hydrogen-bond donors (Lipinski definition) is 1. The largest absolute Gasteiger partial charge is 0.359 e. The molecule has 7 nitrogen and oxygen atoms in total. The van der Waals surface area contributed by atoms with Crippen LogP contribution in [-0.2, 0) is 10.0 Å². The highest BCUT2D eigenvalue weighted by Gasteiger charge is 2.33. The number of amides is 1. The Balaban J connectivity index is 1.99. The molecule has 8 heteroatoms. The molecule has 1 aliphatic rings. The standard InChI is InChI=1S/C17H21N3O4S/c1-10-7-13(9-16(12(10)3)25(18,22)23)17(21)20-6-4-5-14(20)15-8-11(2)19-24-15/h7-9,14H,4-6H2,1-3H3,(H2,18,22,23)/t14-/m1/s1. The van der Waals surface area contributed by atoms with Gasteiger partial charge in [-0.15, -0.1) is 0 Å². The fraction of sp³-hybridized carbons (Fsp3) is 0.412. The van der Waals surface area contributed by atoms with E-state index in [-0.39, 0.29) is 16.8 Å². The van der Waals surface area contributed by atoms with Crippen LogP contribution in [0.25, 0.3) is 0 Å². The number of carbonyl (C=O) groups is 1. The van der Waals surface area contributed by atoms with Crippen LogP contribution in [0.2, 0.25) is 0 Å². The van der Waals surface area contributed by atoms with Gasteiger partial charge < -0.3 is 9.42 Å². The van der Waals surface area contributed by atoms with E-state index in [9.17, 15) is 13.2 Å². The summed E-state index contributed by atoms with van der Waals surface area (Å²) in [6.45, 7) is 5.86. The second-order valence-electron chi connectivity index (χ2n) is 6.49. The van der Waals surface area contributed by atoms with Gasteiger partial charge in [0, 0.05) is 18.2 Å². The van der Waals surface area contributed by atoms with Crippen LogP contribution in [0.15, 0.2) is 27.6 Å². The molecule has 2 heterocycles. The minimum atomic E-state index is -3.90. The normalized spacial score (nSPS) is 17.9. The maximum absolute atomic E-state index is 13.0. The van der Waals surface area contributed by atoms with Crippen molar-refractivity contribution in [2.75, 3.05) is 6.54 Å². The zero-order valence-electron chi connectivity index (χ0n) is 14.4. The maximum atomic E-state index is 13.0. The first-order chi connectivity index (χ1) is 11.7. The molecule has 134 valence electrons. The number of carbonyl (C=O) groups excluding carboxylic acids is 1. The molecule has 1 saturated heterocycles. The molecule has 0 saturated carbocycles. The van der Waals surface area contributed by atoms with Gasteiger partial charge in [0.2, 0.25) is 10.0 Å². The molecule has 2 aromatic rings. The van der Waals surface area contributed by atoms with Crippen LogP contribution >= 0.6 is 0 Å². The molecule has 0 aliphatic carbocycles. The number of nitrogens with zero attached hydrogens (tertiary/aromatic N) is 2. The number of aryl methyl sites for hydroxylation is 2. The first-order valence-corrected chi connectivity index (χ1v) is 9.61. The SMILES string of the molecule is Cc1cc([C@H]2CCCN2C(=O)c2cc(C)c(C)c(S(N)(=O)=O)c2)on1. The van der Waals surface area contributed by atoms with E-state index in [2.05, 4.69) is 5.16 Å². The number of benzene rings is 1. The van der Waals surface area contributed by atoms with Crippen molar-refractivity contribution in [2.24, 2.45) is 5.14 Å². The fourth-order valence-corrected chi connectivity index (χ4v) is 4.14. The van der Waals surface area contributed by atoms with Gasteiger partial charge in [-0.2, -0.15) is 0 Å². The Labute approximate surface area is 146 Å². The second kappa shape index (κ2) is 6.27. The van der Waals surface area contributed by atoms with Crippen LogP contribution in [0.4, 0.5) is 0 Å². The summed E-state index contributed by atoms with van der Waals surface area (Å²) in [4.78, 5) is 14.7. The topological polar surface area (TPSA) is 106 Å². The molecule has 1 aliphatic heterocycles. The van der Waals surface area contributed by atoms with Gasteiger partial charge >= 0.3 is 0 Å². The van der Waals surface area contributed by atoms with Crippen molar-refractivity contribution in [3.63, 3.8) is 0 Å². The number of primary sulfonamides is 1. The Morgan fingerprint density at radius 1 is 1.28 bits per heavy atom. The van der Waals surface area contributed by atoms with E-state index < -0.39 is 10.0 Å². The van der Waals surface area contributed by atoms with Crippen LogP contribution in [-0.4, -0.2) is 30.9 Å². The van der Waals surface area contributed by atoms with E-state index in [0.29, 0.717) is 29.0 Å². The molecule has 0 spiro atoms. The summed E-state index contributed by atoms with van der Waals surface area (Å²) in [5.41, 5.74) is 2.34. The molecule has 0 radical (unpaired) electrons. The summed E-state index contributed by atoms with van der Waals surface area (Å²) >= 11 is 0. The molecule has 1 atom stereocenters. The predicted octanol–water partition coefficient (Wildman–Crippen LogP) is 2.22. The van der Waals surface area contributed by atoms with Gasteiger partial charge in [0.05, 0.1) is 16.6 Å². The van der Waals surface area contributed by atoms with Crippen LogP contribution in [0.1, 0.15) is 51.8 Å². The summed E-state index contributed by atoms with van der Waals surface area (Å²) < 4.78 is 29.0. The summed E-state index contributed by atoms with van der Waals surface area (Å²) in [6.07, 6.45) is 1.64. The van der Waals surface area contributed by atoms with Crippen LogP contribution in [0, 0.1) is 20.8 Å². The molecule has 1 aromatic heterocycles. The molecule has 1 aromatic carbocycles. The Morgan fingerprint density at radius 3 is 2.60 bits per heavy atom. The number of rotatable bonds is 3. The highest BCUT2D eigenvalue weighted by atomic mass is 32.2. The maximum Gasteiger partial charge on any atom is 0.254 e. The van der Waals surface area contributed by atoms with Gasteiger partial charge in [0.1, 0.15) is 0 Å². The van der Waals surface area contributed by atoms with Crippen molar-refractivity contribution in [1.82, 2.24) is 10.1 Å². The third kappa shape index (κ3) is 3.32. The van der Waals surface area contributed by atoms with Gasteiger partial charge in [-0.3, -0.25) is 4.79 Å². The van der Waals surface area contributed by atoms with E-state index >= 15 is 0 Å². The number of sulfonamides is 1. The smallest absolute Gasteiger partial charge is 0.254 e. The Hall–Kier alpha value is -2.19. The van der Waals surface area contributed by atoms with E-state index in [1.54, 1.807) is 24.8 Å². The Kier molecular flexibility index (Phi) is 4.42. The van der Waals surface area contributed by atoms with Crippen molar-refractivity contribution in [3.8, 4) is 0 Å². The molecule has 1 amide bonds. The van der Waals surface area contributed by atoms with Crippen LogP contribution in [0.3, 0.4) is 0 Å². The van der Waals surface area contributed by atoms with Crippen molar-refractivity contribution < 1.29 is 17.7 Å². The molecule has 0 bridgehead atoms. The summed E-state index contributed by atoms with van der Waals surface area (Å²) in [6, 6.07) is 4.70. The van der Waals surface area contributed by atoms with E-state index in [1.165, 1.54) is 6.07 Å². The minimum absolute atomic E-state index is 0.0119. The average molecular weight is 363 g/mol. The molecule has 2 N–H and O–H groups in total. The van der Waals surface area contributed by atoms with Crippen LogP contribution < -0.4 is 5.14 Å². The third-order valence-electron chi connectivity index (χ3n) is 4.66. The fourth-order valence-electron chi connectivity index (χ4n) is 3.26. The summed E-state index contributed by atoms with van der Waals surface area (Å²) in [5, 5.41) is 9.19. The lowest BCUT2D eigenvalue weighted by atomic mass is 10.0. The van der Waals surface area contributed by atoms with Crippen molar-refractivity contribution >= 4 is 15.9 Å².